The highest BCUT2D eigenvalue weighted by Crippen LogP contribution is 2.17. The molecule has 144 valence electrons. The quantitative estimate of drug-likeness (QED) is 0.721. The predicted octanol–water partition coefficient (Wildman–Crippen LogP) is 2.07. The van der Waals surface area contributed by atoms with Crippen molar-refractivity contribution in [2.24, 2.45) is 0 Å². The molecule has 0 amide bonds. The van der Waals surface area contributed by atoms with E-state index in [2.05, 4.69) is 4.72 Å². The van der Waals surface area contributed by atoms with E-state index in [1.54, 1.807) is 26.0 Å². The van der Waals surface area contributed by atoms with Gasteiger partial charge in [-0.05, 0) is 42.0 Å². The summed E-state index contributed by atoms with van der Waals surface area (Å²) < 4.78 is 53.3. The first-order chi connectivity index (χ1) is 12.7. The van der Waals surface area contributed by atoms with Crippen LogP contribution in [0.3, 0.4) is 0 Å². The number of nitrogens with one attached hydrogen (secondary N) is 1. The summed E-state index contributed by atoms with van der Waals surface area (Å²) >= 11 is 0. The first-order valence-electron chi connectivity index (χ1n) is 8.33. The largest absolute Gasteiger partial charge is 0.243 e. The van der Waals surface area contributed by atoms with Crippen LogP contribution in [0.25, 0.3) is 0 Å². The molecule has 1 N–H and O–H groups in total. The zero-order chi connectivity index (χ0) is 20.1. The van der Waals surface area contributed by atoms with Crippen molar-refractivity contribution in [3.05, 3.63) is 59.7 Å². The molecular weight excluding hydrogens is 386 g/mol. The maximum atomic E-state index is 12.5. The van der Waals surface area contributed by atoms with Crippen molar-refractivity contribution < 1.29 is 16.8 Å². The molecule has 0 atom stereocenters. The van der Waals surface area contributed by atoms with Gasteiger partial charge in [0, 0.05) is 19.6 Å². The molecule has 2 rings (SSSR count). The van der Waals surface area contributed by atoms with Crippen molar-refractivity contribution in [2.75, 3.05) is 13.1 Å². The number of benzene rings is 2. The molecule has 0 fully saturated rings. The summed E-state index contributed by atoms with van der Waals surface area (Å²) in [5.41, 5.74) is 1.00. The molecule has 0 saturated heterocycles. The molecule has 0 aliphatic heterocycles. The number of hydrogen-bond acceptors (Lipinski definition) is 5. The van der Waals surface area contributed by atoms with Crippen molar-refractivity contribution in [3.8, 4) is 6.07 Å². The molecule has 9 heteroatoms. The Kier molecular flexibility index (Phi) is 6.73. The molecule has 2 aromatic carbocycles. The molecule has 0 radical (unpaired) electrons. The molecular formula is C18H21N3O4S2. The standard InChI is InChI=1S/C18H21N3O4S2/c1-3-21(4-2)27(24,25)18-11-7-16(8-12-18)14-20-26(22,23)17-9-5-15(13-19)6-10-17/h5-12,20H,3-4,14H2,1-2H3. The fourth-order valence-corrected chi connectivity index (χ4v) is 4.94. The number of hydrogen-bond donors (Lipinski definition) is 1. The third-order valence-electron chi connectivity index (χ3n) is 4.03. The van der Waals surface area contributed by atoms with Gasteiger partial charge in [-0.2, -0.15) is 9.57 Å². The van der Waals surface area contributed by atoms with Crippen LogP contribution in [0.4, 0.5) is 0 Å². The fourth-order valence-electron chi connectivity index (χ4n) is 2.46. The SMILES string of the molecule is CCN(CC)S(=O)(=O)c1ccc(CNS(=O)(=O)c2ccc(C#N)cc2)cc1. The lowest BCUT2D eigenvalue weighted by molar-refractivity contribution is 0.445. The first kappa shape index (κ1) is 21.1. The highest BCUT2D eigenvalue weighted by Gasteiger charge is 2.21. The van der Waals surface area contributed by atoms with Crippen molar-refractivity contribution >= 4 is 20.0 Å². The summed E-state index contributed by atoms with van der Waals surface area (Å²) in [6.07, 6.45) is 0. The molecule has 0 saturated carbocycles. The Balaban J connectivity index is 2.11. The van der Waals surface area contributed by atoms with Crippen LogP contribution in [0.15, 0.2) is 58.3 Å². The van der Waals surface area contributed by atoms with Crippen LogP contribution in [-0.4, -0.2) is 34.2 Å². The second-order valence-electron chi connectivity index (χ2n) is 5.69. The Labute approximate surface area is 160 Å². The molecule has 27 heavy (non-hydrogen) atoms. The average Bonchev–Trinajstić information content (AvgIpc) is 2.67. The van der Waals surface area contributed by atoms with Gasteiger partial charge >= 0.3 is 0 Å². The molecule has 2 aromatic rings. The zero-order valence-electron chi connectivity index (χ0n) is 15.1. The Hall–Kier alpha value is -2.25. The number of nitriles is 1. The van der Waals surface area contributed by atoms with Crippen LogP contribution in [0.2, 0.25) is 0 Å². The third-order valence-corrected chi connectivity index (χ3v) is 7.51. The molecule has 0 aliphatic rings. The number of sulfonamides is 2. The van der Waals surface area contributed by atoms with Crippen LogP contribution >= 0.6 is 0 Å². The monoisotopic (exact) mass is 407 g/mol. The molecule has 0 spiro atoms. The normalized spacial score (nSPS) is 12.1. The van der Waals surface area contributed by atoms with Gasteiger partial charge in [0.25, 0.3) is 0 Å². The molecule has 0 unspecified atom stereocenters. The van der Waals surface area contributed by atoms with E-state index in [9.17, 15) is 16.8 Å². The third kappa shape index (κ3) is 4.93. The smallest absolute Gasteiger partial charge is 0.207 e. The van der Waals surface area contributed by atoms with Gasteiger partial charge in [-0.15, -0.1) is 0 Å². The maximum Gasteiger partial charge on any atom is 0.243 e. The van der Waals surface area contributed by atoms with Gasteiger partial charge in [0.05, 0.1) is 21.4 Å². The Morgan fingerprint density at radius 2 is 1.41 bits per heavy atom. The van der Waals surface area contributed by atoms with Gasteiger partial charge in [-0.1, -0.05) is 26.0 Å². The molecule has 7 nitrogen and oxygen atoms in total. The van der Waals surface area contributed by atoms with Crippen LogP contribution in [0.1, 0.15) is 25.0 Å². The second-order valence-corrected chi connectivity index (χ2v) is 9.40. The Bertz CT molecular complexity index is 1020. The van der Waals surface area contributed by atoms with E-state index in [1.807, 2.05) is 6.07 Å². The van der Waals surface area contributed by atoms with Gasteiger partial charge < -0.3 is 0 Å². The van der Waals surface area contributed by atoms with E-state index >= 15 is 0 Å². The lowest BCUT2D eigenvalue weighted by atomic mass is 10.2. The maximum absolute atomic E-state index is 12.5. The minimum Gasteiger partial charge on any atom is -0.207 e. The topological polar surface area (TPSA) is 107 Å². The van der Waals surface area contributed by atoms with Gasteiger partial charge in [0.2, 0.25) is 20.0 Å². The van der Waals surface area contributed by atoms with Crippen LogP contribution in [-0.2, 0) is 26.6 Å². The fraction of sp³-hybridized carbons (Fsp3) is 0.278. The molecule has 0 heterocycles. The summed E-state index contributed by atoms with van der Waals surface area (Å²) in [5.74, 6) is 0. The second kappa shape index (κ2) is 8.63. The summed E-state index contributed by atoms with van der Waals surface area (Å²) in [4.78, 5) is 0.229. The zero-order valence-corrected chi connectivity index (χ0v) is 16.7. The number of nitrogens with zero attached hydrogens (tertiary/aromatic N) is 2. The Morgan fingerprint density at radius 1 is 0.889 bits per heavy atom. The van der Waals surface area contributed by atoms with Crippen molar-refractivity contribution in [3.63, 3.8) is 0 Å². The summed E-state index contributed by atoms with van der Waals surface area (Å²) in [6, 6.07) is 13.6. The minimum absolute atomic E-state index is 0.0218. The highest BCUT2D eigenvalue weighted by molar-refractivity contribution is 7.89. The van der Waals surface area contributed by atoms with E-state index in [1.165, 1.54) is 40.7 Å². The van der Waals surface area contributed by atoms with Crippen LogP contribution in [0.5, 0.6) is 0 Å². The van der Waals surface area contributed by atoms with E-state index in [4.69, 9.17) is 5.26 Å². The van der Waals surface area contributed by atoms with E-state index in [0.717, 1.165) is 0 Å². The van der Waals surface area contributed by atoms with E-state index < -0.39 is 20.0 Å². The van der Waals surface area contributed by atoms with Gasteiger partial charge in [0.1, 0.15) is 0 Å². The van der Waals surface area contributed by atoms with Gasteiger partial charge in [-0.25, -0.2) is 21.6 Å². The van der Waals surface area contributed by atoms with E-state index in [0.29, 0.717) is 24.2 Å². The summed E-state index contributed by atoms with van der Waals surface area (Å²) in [6.45, 7) is 4.32. The minimum atomic E-state index is -3.73. The number of rotatable bonds is 8. The van der Waals surface area contributed by atoms with Crippen LogP contribution < -0.4 is 4.72 Å². The first-order valence-corrected chi connectivity index (χ1v) is 11.3. The molecule has 0 aromatic heterocycles. The summed E-state index contributed by atoms with van der Waals surface area (Å²) in [5, 5.41) is 8.77. The predicted molar refractivity (Wildman–Crippen MR) is 102 cm³/mol. The molecule has 0 aliphatic carbocycles. The van der Waals surface area contributed by atoms with Crippen molar-refractivity contribution in [1.82, 2.24) is 9.03 Å². The average molecular weight is 408 g/mol. The van der Waals surface area contributed by atoms with Crippen molar-refractivity contribution in [2.45, 2.75) is 30.2 Å². The lowest BCUT2D eigenvalue weighted by Gasteiger charge is -2.18. The van der Waals surface area contributed by atoms with Gasteiger partial charge in [0.15, 0.2) is 0 Å². The molecule has 0 bridgehead atoms. The van der Waals surface area contributed by atoms with Crippen LogP contribution in [0, 0.1) is 11.3 Å². The lowest BCUT2D eigenvalue weighted by Crippen LogP contribution is -2.30. The highest BCUT2D eigenvalue weighted by atomic mass is 32.2. The van der Waals surface area contributed by atoms with E-state index in [-0.39, 0.29) is 16.3 Å². The van der Waals surface area contributed by atoms with Gasteiger partial charge in [-0.3, -0.25) is 0 Å². The Morgan fingerprint density at radius 3 is 1.89 bits per heavy atom. The van der Waals surface area contributed by atoms with Crippen molar-refractivity contribution in [1.29, 1.82) is 5.26 Å². The summed E-state index contributed by atoms with van der Waals surface area (Å²) in [7, 11) is -7.27.